The molecule has 2 aliphatic heterocycles. The van der Waals surface area contributed by atoms with Crippen LogP contribution in [0, 0.1) is 0 Å². The van der Waals surface area contributed by atoms with Crippen LogP contribution in [0.15, 0.2) is 0 Å². The van der Waals surface area contributed by atoms with E-state index in [0.717, 1.165) is 199 Å². The monoisotopic (exact) mass is 1770 g/mol. The van der Waals surface area contributed by atoms with Crippen molar-refractivity contribution in [2.75, 3.05) is 13.2 Å². The summed E-state index contributed by atoms with van der Waals surface area (Å²) < 4.78 is 61.9. The third kappa shape index (κ3) is 62.5. The molecule has 2 rings (SSSR count). The van der Waals surface area contributed by atoms with Crippen molar-refractivity contribution < 1.29 is 106 Å². The Hall–Kier alpha value is -3.39. The van der Waals surface area contributed by atoms with E-state index in [0.29, 0.717) is 51.4 Å². The molecule has 724 valence electrons. The zero-order chi connectivity index (χ0) is 90.0. The third-order valence-corrected chi connectivity index (χ3v) is 25.1. The van der Waals surface area contributed by atoms with Gasteiger partial charge in [-0.3, -0.25) is 33.3 Å². The van der Waals surface area contributed by atoms with Gasteiger partial charge in [0.05, 0.1) is 51.1 Å². The molecule has 24 nitrogen and oxygen atoms in total. The van der Waals surface area contributed by atoms with Crippen LogP contribution in [0.4, 0.5) is 0 Å². The molecule has 123 heavy (non-hydrogen) atoms. The van der Waals surface area contributed by atoms with Gasteiger partial charge in [0.25, 0.3) is 0 Å². The van der Waals surface area contributed by atoms with Gasteiger partial charge in [-0.15, -0.1) is 0 Å². The summed E-state index contributed by atoms with van der Waals surface area (Å²) in [5, 5.41) is 63.4. The van der Waals surface area contributed by atoms with Gasteiger partial charge in [-0.25, -0.2) is 4.57 Å². The highest BCUT2D eigenvalue weighted by Crippen LogP contribution is 2.43. The van der Waals surface area contributed by atoms with Crippen LogP contribution in [0.5, 0.6) is 0 Å². The Morgan fingerprint density at radius 3 is 1.00 bits per heavy atom. The van der Waals surface area contributed by atoms with E-state index in [1.165, 1.54) is 148 Å². The number of aliphatic hydroxyl groups is 5. The topological polar surface area (TPSA) is 359 Å². The van der Waals surface area contributed by atoms with Crippen molar-refractivity contribution in [2.45, 2.75) is 577 Å². The summed E-state index contributed by atoms with van der Waals surface area (Å²) in [5.74, 6) is -4.55. The standard InChI is InChI=1S/C98H185N2O22P/c1-7-13-19-25-31-37-40-46-50-55-61-67-79(102)73-85(104)99-91-95(120-89(108)74-80(103)68-62-56-49-43-34-28-22-16-10-4)93(110)84(118-97(91)111)78-115-98-92(100-86(105)75-81(69-63-57-51-44-35-29-23-17-11-5)116-87(106)71-65-59-53-47-41-38-32-26-20-14-8-2)96(94(83(77-101)119-98)122-123(112,113)114)121-90(109)76-82(70-64-58-52-45-36-30-24-18-12-6)117-88(107)72-66-60-54-48-42-39-33-27-21-15-9-3/h79-84,91-98,101-103,110-111H,7-78H2,1-6H3,(H,99,104)(H,100,105)(H2,112,113,114)/t79-,80-,81-,82-,83?,84?,91?,92?,93-,94-,95-,96-,97+,98-/m1/s1. The van der Waals surface area contributed by atoms with Crippen LogP contribution in [0.2, 0.25) is 0 Å². The molecule has 0 aromatic heterocycles. The molecule has 0 aromatic carbocycles. The third-order valence-electron chi connectivity index (χ3n) is 24.6. The lowest BCUT2D eigenvalue weighted by Crippen LogP contribution is -2.68. The summed E-state index contributed by atoms with van der Waals surface area (Å²) in [7, 11) is -5.62. The highest BCUT2D eigenvalue weighted by molar-refractivity contribution is 7.46. The smallest absolute Gasteiger partial charge is 0.462 e. The van der Waals surface area contributed by atoms with Crippen molar-refractivity contribution in [1.82, 2.24) is 10.6 Å². The van der Waals surface area contributed by atoms with E-state index in [9.17, 15) is 63.9 Å². The van der Waals surface area contributed by atoms with Gasteiger partial charge in [0, 0.05) is 12.8 Å². The van der Waals surface area contributed by atoms with Crippen molar-refractivity contribution in [3.05, 3.63) is 0 Å². The van der Waals surface area contributed by atoms with E-state index < -0.39 is 168 Å². The average Bonchev–Trinajstić information content (AvgIpc) is 0.776. The summed E-state index contributed by atoms with van der Waals surface area (Å²) in [6, 6.07) is -3.47. The molecule has 0 aliphatic carbocycles. The number of phosphoric ester groups is 1. The van der Waals surface area contributed by atoms with Crippen LogP contribution in [0.1, 0.15) is 491 Å². The van der Waals surface area contributed by atoms with Crippen molar-refractivity contribution in [3.63, 3.8) is 0 Å². The number of esters is 4. The molecule has 25 heteroatoms. The summed E-state index contributed by atoms with van der Waals surface area (Å²) in [6.07, 6.45) is 43.4. The molecule has 14 atom stereocenters. The predicted molar refractivity (Wildman–Crippen MR) is 488 cm³/mol. The van der Waals surface area contributed by atoms with Crippen molar-refractivity contribution in [3.8, 4) is 0 Å². The molecule has 2 aliphatic rings. The van der Waals surface area contributed by atoms with E-state index in [1.54, 1.807) is 0 Å². The molecule has 0 spiro atoms. The van der Waals surface area contributed by atoms with Gasteiger partial charge in [0.2, 0.25) is 11.8 Å². The second-order valence-corrected chi connectivity index (χ2v) is 37.6. The molecule has 0 saturated carbocycles. The number of unbranched alkanes of at least 4 members (excludes halogenated alkanes) is 54. The number of carbonyl (C=O) groups is 6. The second kappa shape index (κ2) is 78.5. The maximum atomic E-state index is 15.1. The maximum absolute atomic E-state index is 15.1. The van der Waals surface area contributed by atoms with Crippen LogP contribution in [0.3, 0.4) is 0 Å². The Morgan fingerprint density at radius 2 is 0.642 bits per heavy atom. The molecule has 4 unspecified atom stereocenters. The Balaban J connectivity index is 2.72. The van der Waals surface area contributed by atoms with Crippen LogP contribution in [-0.2, 0) is 71.0 Å². The fraction of sp³-hybridized carbons (Fsp3) is 0.939. The first-order valence-electron chi connectivity index (χ1n) is 51.0. The van der Waals surface area contributed by atoms with Gasteiger partial charge in [-0.2, -0.15) is 0 Å². The van der Waals surface area contributed by atoms with Gasteiger partial charge in [0.1, 0.15) is 48.7 Å². The first-order chi connectivity index (χ1) is 59.6. The molecule has 2 saturated heterocycles. The second-order valence-electron chi connectivity index (χ2n) is 36.4. The minimum atomic E-state index is -5.62. The molecule has 2 heterocycles. The van der Waals surface area contributed by atoms with Gasteiger partial charge in [-0.05, 0) is 51.4 Å². The van der Waals surface area contributed by atoms with E-state index in [-0.39, 0.29) is 25.7 Å². The zero-order valence-corrected chi connectivity index (χ0v) is 79.6. The van der Waals surface area contributed by atoms with E-state index in [4.69, 9.17) is 37.7 Å². The van der Waals surface area contributed by atoms with E-state index in [1.807, 2.05) is 0 Å². The van der Waals surface area contributed by atoms with Crippen LogP contribution in [0.25, 0.3) is 0 Å². The number of hydrogen-bond donors (Lipinski definition) is 9. The zero-order valence-electron chi connectivity index (χ0n) is 78.7. The maximum Gasteiger partial charge on any atom is 0.470 e. The number of aliphatic hydroxyl groups excluding tert-OH is 5. The summed E-state index contributed by atoms with van der Waals surface area (Å²) in [6.45, 7) is 11.3. The SMILES string of the molecule is CCCCCCCCCCCCCC(=O)O[C@H](CCCCCCCCCCC)CC(=O)NC1[C@H](OCC2O[C@H](O)C(NC(=O)C[C@H](O)CCCCCCCCCCCCC)[C@@H](OC(=O)C[C@H](O)CCCCCCCCCCC)[C@@H]2O)OC(CO)[C@@H](OP(=O)(O)O)[C@@H]1OC(=O)C[C@@H](CCCCCCCCCCC)OC(=O)CCCCCCCCCCCCC. The molecule has 2 amide bonds. The lowest BCUT2D eigenvalue weighted by Gasteiger charge is -2.46. The number of hydrogen-bond acceptors (Lipinski definition) is 20. The number of rotatable bonds is 86. The molecule has 9 N–H and O–H groups in total. The van der Waals surface area contributed by atoms with Crippen LogP contribution < -0.4 is 10.6 Å². The predicted octanol–water partition coefficient (Wildman–Crippen LogP) is 22.0. The number of carbonyl (C=O) groups excluding carboxylic acids is 6. The Labute approximate surface area is 746 Å². The molecular weight excluding hydrogens is 1590 g/mol. The highest BCUT2D eigenvalue weighted by atomic mass is 31.2. The summed E-state index contributed by atoms with van der Waals surface area (Å²) in [4.78, 5) is 107. The number of ether oxygens (including phenoxy) is 7. The quantitative estimate of drug-likeness (QED) is 0.0118. The van der Waals surface area contributed by atoms with Gasteiger partial charge < -0.3 is 79.1 Å². The summed E-state index contributed by atoms with van der Waals surface area (Å²) in [5.41, 5.74) is 0. The Bertz CT molecular complexity index is 2590. The minimum Gasteiger partial charge on any atom is -0.462 e. The number of amides is 2. The van der Waals surface area contributed by atoms with Crippen molar-refractivity contribution >= 4 is 43.5 Å². The molecular formula is C98H185N2O22P. The van der Waals surface area contributed by atoms with Crippen LogP contribution >= 0.6 is 7.82 Å². The Kier molecular flexibility index (Phi) is 73.8. The van der Waals surface area contributed by atoms with E-state index in [2.05, 4.69) is 52.2 Å². The number of phosphoric acid groups is 1. The molecule has 2 fully saturated rings. The minimum absolute atomic E-state index is 0.111. The Morgan fingerprint density at radius 1 is 0.341 bits per heavy atom. The molecule has 0 radical (unpaired) electrons. The van der Waals surface area contributed by atoms with Gasteiger partial charge in [0.15, 0.2) is 24.8 Å². The lowest BCUT2D eigenvalue weighted by molar-refractivity contribution is -0.298. The fourth-order valence-electron chi connectivity index (χ4n) is 17.1. The average molecular weight is 1770 g/mol. The van der Waals surface area contributed by atoms with Gasteiger partial charge in [-0.1, -0.05) is 401 Å². The first kappa shape index (κ1) is 116. The largest absolute Gasteiger partial charge is 0.470 e. The van der Waals surface area contributed by atoms with Crippen molar-refractivity contribution in [1.29, 1.82) is 0 Å². The normalized spacial score (nSPS) is 20.2. The van der Waals surface area contributed by atoms with E-state index >= 15 is 4.79 Å². The van der Waals surface area contributed by atoms with Crippen molar-refractivity contribution in [2.24, 2.45) is 0 Å². The lowest BCUT2D eigenvalue weighted by atomic mass is 9.95. The fourth-order valence-corrected chi connectivity index (χ4v) is 17.7. The van der Waals surface area contributed by atoms with Crippen LogP contribution in [-0.4, -0.2) is 170 Å². The number of nitrogens with one attached hydrogen (secondary N) is 2. The molecule has 0 aromatic rings. The van der Waals surface area contributed by atoms with Gasteiger partial charge >= 0.3 is 31.7 Å². The first-order valence-corrected chi connectivity index (χ1v) is 52.5. The highest BCUT2D eigenvalue weighted by Gasteiger charge is 2.54. The molecule has 0 bridgehead atoms. The summed E-state index contributed by atoms with van der Waals surface area (Å²) >= 11 is 0.